The van der Waals surface area contributed by atoms with E-state index in [0.29, 0.717) is 0 Å². The first kappa shape index (κ1) is 25.8. The molecule has 0 aliphatic heterocycles. The highest BCUT2D eigenvalue weighted by Gasteiger charge is 2.38. The van der Waals surface area contributed by atoms with Crippen molar-refractivity contribution in [2.24, 2.45) is 0 Å². The number of carbonyl (C=O) groups excluding carboxylic acids is 2. The van der Waals surface area contributed by atoms with E-state index in [-0.39, 0.29) is 25.4 Å². The first-order valence-corrected chi connectivity index (χ1v) is 10.9. The maximum atomic E-state index is 13.1. The number of hydrogen-bond acceptors (Lipinski definition) is 4. The number of alkyl carbamates (subject to hydrolysis) is 1. The number of allylic oxidation sites excluding steroid dienone is 1. The second-order valence-electron chi connectivity index (χ2n) is 8.11. The quantitative estimate of drug-likeness (QED) is 0.429. The second kappa shape index (κ2) is 11.1. The Kier molecular flexibility index (Phi) is 8.16. The van der Waals surface area contributed by atoms with E-state index in [1.807, 2.05) is 59.2 Å². The minimum absolute atomic E-state index is 0.0613. The summed E-state index contributed by atoms with van der Waals surface area (Å²) >= 11 is 0. The van der Waals surface area contributed by atoms with Crippen molar-refractivity contribution in [3.8, 4) is 11.1 Å². The number of halogens is 3. The Morgan fingerprint density at radius 1 is 1.00 bits per heavy atom. The Morgan fingerprint density at radius 3 is 2.09 bits per heavy atom. The molecule has 2 aromatic rings. The Labute approximate surface area is 200 Å². The topological polar surface area (TPSA) is 105 Å². The lowest BCUT2D eigenvalue weighted by Crippen LogP contribution is -2.53. The van der Waals surface area contributed by atoms with Crippen LogP contribution in [0.2, 0.25) is 0 Å². The van der Waals surface area contributed by atoms with E-state index < -0.39 is 42.7 Å². The number of carboxylic acid groups (broad SMARTS) is 1. The lowest BCUT2D eigenvalue weighted by Gasteiger charge is -2.22. The fraction of sp³-hybridized carbons (Fsp3) is 0.320. The van der Waals surface area contributed by atoms with E-state index >= 15 is 0 Å². The summed E-state index contributed by atoms with van der Waals surface area (Å²) in [6.45, 7) is 3.29. The van der Waals surface area contributed by atoms with Crippen LogP contribution < -0.4 is 10.6 Å². The Morgan fingerprint density at radius 2 is 1.57 bits per heavy atom. The van der Waals surface area contributed by atoms with E-state index in [4.69, 9.17) is 4.74 Å². The summed E-state index contributed by atoms with van der Waals surface area (Å²) in [5.74, 6) is -3.00. The van der Waals surface area contributed by atoms with Crippen LogP contribution in [0.5, 0.6) is 0 Å². The summed E-state index contributed by atoms with van der Waals surface area (Å²) in [7, 11) is 0. The average molecular weight is 490 g/mol. The van der Waals surface area contributed by atoms with Crippen LogP contribution in [-0.2, 0) is 14.3 Å². The molecule has 0 fully saturated rings. The van der Waals surface area contributed by atoms with Crippen LogP contribution in [0.3, 0.4) is 0 Å². The summed E-state index contributed by atoms with van der Waals surface area (Å²) in [4.78, 5) is 36.2. The molecule has 10 heteroatoms. The van der Waals surface area contributed by atoms with Gasteiger partial charge in [0.2, 0.25) is 5.91 Å². The normalized spacial score (nSPS) is 14.3. The van der Waals surface area contributed by atoms with Crippen LogP contribution in [-0.4, -0.2) is 47.9 Å². The molecule has 0 radical (unpaired) electrons. The van der Waals surface area contributed by atoms with E-state index in [1.165, 1.54) is 6.08 Å². The van der Waals surface area contributed by atoms with Gasteiger partial charge in [0.25, 0.3) is 0 Å². The third-order valence-electron chi connectivity index (χ3n) is 5.66. The molecule has 0 heterocycles. The molecule has 2 atom stereocenters. The standard InChI is InChI=1S/C25H25F3N2O5/c1-2-3-12-20(23(32)33)29-22(31)21(13-25(26,27)28)30-24(34)35-14-19-17-10-6-4-8-15(17)16-9-5-7-11-18(16)19/h2,4-11,19-21H,1,3,12-14H2,(H,29,31)(H,30,34)(H,32,33). The van der Waals surface area contributed by atoms with Gasteiger partial charge in [-0.3, -0.25) is 4.79 Å². The lowest BCUT2D eigenvalue weighted by atomic mass is 9.98. The van der Waals surface area contributed by atoms with Crippen LogP contribution in [0.25, 0.3) is 11.1 Å². The molecule has 1 aliphatic rings. The molecule has 2 amide bonds. The van der Waals surface area contributed by atoms with Crippen molar-refractivity contribution >= 4 is 18.0 Å². The van der Waals surface area contributed by atoms with Crippen molar-refractivity contribution in [1.82, 2.24) is 10.6 Å². The van der Waals surface area contributed by atoms with Crippen molar-refractivity contribution in [3.63, 3.8) is 0 Å². The number of carboxylic acids is 1. The number of benzene rings is 2. The highest BCUT2D eigenvalue weighted by Crippen LogP contribution is 2.44. The minimum atomic E-state index is -4.79. The first-order chi connectivity index (χ1) is 16.6. The number of hydrogen-bond donors (Lipinski definition) is 3. The Hall–Kier alpha value is -3.82. The van der Waals surface area contributed by atoms with Gasteiger partial charge in [0, 0.05) is 5.92 Å². The fourth-order valence-corrected chi connectivity index (χ4v) is 4.04. The van der Waals surface area contributed by atoms with Gasteiger partial charge in [0.1, 0.15) is 18.7 Å². The highest BCUT2D eigenvalue weighted by molar-refractivity contribution is 5.89. The molecule has 0 spiro atoms. The Balaban J connectivity index is 1.69. The van der Waals surface area contributed by atoms with E-state index in [9.17, 15) is 32.7 Å². The predicted octanol–water partition coefficient (Wildman–Crippen LogP) is 4.38. The molecule has 7 nitrogen and oxygen atoms in total. The summed E-state index contributed by atoms with van der Waals surface area (Å²) < 4.78 is 44.5. The van der Waals surface area contributed by atoms with Gasteiger partial charge in [-0.25, -0.2) is 9.59 Å². The number of fused-ring (bicyclic) bond motifs is 3. The molecular weight excluding hydrogens is 465 g/mol. The average Bonchev–Trinajstić information content (AvgIpc) is 3.12. The number of alkyl halides is 3. The monoisotopic (exact) mass is 490 g/mol. The SMILES string of the molecule is C=CCCC(NC(=O)C(CC(F)(F)F)NC(=O)OCC1c2ccccc2-c2ccccc21)C(=O)O. The van der Waals surface area contributed by atoms with Gasteiger partial charge < -0.3 is 20.5 Å². The van der Waals surface area contributed by atoms with Crippen molar-refractivity contribution in [3.05, 3.63) is 72.3 Å². The van der Waals surface area contributed by atoms with Crippen molar-refractivity contribution in [2.75, 3.05) is 6.61 Å². The second-order valence-corrected chi connectivity index (χ2v) is 8.11. The van der Waals surface area contributed by atoms with Crippen LogP contribution >= 0.6 is 0 Å². The summed E-state index contributed by atoms with van der Waals surface area (Å²) in [6.07, 6.45) is -6.11. The molecule has 3 N–H and O–H groups in total. The summed E-state index contributed by atoms with van der Waals surface area (Å²) in [5.41, 5.74) is 3.78. The predicted molar refractivity (Wildman–Crippen MR) is 122 cm³/mol. The van der Waals surface area contributed by atoms with Crippen molar-refractivity contribution in [2.45, 2.75) is 43.4 Å². The molecular formula is C25H25F3N2O5. The van der Waals surface area contributed by atoms with Crippen LogP contribution in [0.15, 0.2) is 61.2 Å². The van der Waals surface area contributed by atoms with E-state index in [1.54, 1.807) is 0 Å². The molecule has 2 aromatic carbocycles. The van der Waals surface area contributed by atoms with Crippen LogP contribution in [0, 0.1) is 0 Å². The maximum absolute atomic E-state index is 13.1. The van der Waals surface area contributed by atoms with Crippen LogP contribution in [0.1, 0.15) is 36.3 Å². The summed E-state index contributed by atoms with van der Waals surface area (Å²) in [5, 5.41) is 13.2. The van der Waals surface area contributed by atoms with Gasteiger partial charge in [-0.2, -0.15) is 13.2 Å². The number of aliphatic carboxylic acids is 1. The molecule has 0 saturated heterocycles. The zero-order chi connectivity index (χ0) is 25.6. The number of carbonyl (C=O) groups is 3. The minimum Gasteiger partial charge on any atom is -0.480 e. The smallest absolute Gasteiger partial charge is 0.407 e. The van der Waals surface area contributed by atoms with Gasteiger partial charge >= 0.3 is 18.2 Å². The number of rotatable bonds is 10. The number of nitrogens with one attached hydrogen (secondary N) is 2. The zero-order valence-electron chi connectivity index (χ0n) is 18.7. The number of amides is 2. The first-order valence-electron chi connectivity index (χ1n) is 10.9. The van der Waals surface area contributed by atoms with Crippen molar-refractivity contribution in [1.29, 1.82) is 0 Å². The molecule has 0 saturated carbocycles. The fourth-order valence-electron chi connectivity index (χ4n) is 4.04. The molecule has 0 bridgehead atoms. The summed E-state index contributed by atoms with van der Waals surface area (Å²) in [6, 6.07) is 11.6. The van der Waals surface area contributed by atoms with E-state index in [2.05, 4.69) is 6.58 Å². The molecule has 35 heavy (non-hydrogen) atoms. The highest BCUT2D eigenvalue weighted by atomic mass is 19.4. The maximum Gasteiger partial charge on any atom is 0.407 e. The van der Waals surface area contributed by atoms with Gasteiger partial charge in [-0.15, -0.1) is 6.58 Å². The lowest BCUT2D eigenvalue weighted by molar-refractivity contribution is -0.150. The third-order valence-corrected chi connectivity index (χ3v) is 5.66. The van der Waals surface area contributed by atoms with E-state index in [0.717, 1.165) is 22.3 Å². The largest absolute Gasteiger partial charge is 0.480 e. The molecule has 2 unspecified atom stereocenters. The number of ether oxygens (including phenoxy) is 1. The molecule has 186 valence electrons. The molecule has 0 aromatic heterocycles. The molecule has 3 rings (SSSR count). The third kappa shape index (κ3) is 6.62. The van der Waals surface area contributed by atoms with Gasteiger partial charge in [0.15, 0.2) is 0 Å². The molecule has 1 aliphatic carbocycles. The van der Waals surface area contributed by atoms with Crippen molar-refractivity contribution < 1.29 is 37.4 Å². The Bertz CT molecular complexity index is 1060. The zero-order valence-corrected chi connectivity index (χ0v) is 18.7. The van der Waals surface area contributed by atoms with Gasteiger partial charge in [0.05, 0.1) is 6.42 Å². The van der Waals surface area contributed by atoms with Crippen LogP contribution in [0.4, 0.5) is 18.0 Å². The van der Waals surface area contributed by atoms with Gasteiger partial charge in [-0.1, -0.05) is 54.6 Å². The van der Waals surface area contributed by atoms with Gasteiger partial charge in [-0.05, 0) is 35.1 Å².